The molecule has 25 heavy (non-hydrogen) atoms. The van der Waals surface area contributed by atoms with Crippen LogP contribution in [0, 0.1) is 0 Å². The molecule has 1 aromatic heterocycles. The fraction of sp³-hybridized carbons (Fsp3) is 0.150. The Hall–Kier alpha value is -3.21. The van der Waals surface area contributed by atoms with Crippen molar-refractivity contribution in [3.63, 3.8) is 0 Å². The van der Waals surface area contributed by atoms with Crippen LogP contribution in [0.2, 0.25) is 0 Å². The number of hydrogen-bond donors (Lipinski definition) is 1. The van der Waals surface area contributed by atoms with Crippen LogP contribution in [0.4, 0.5) is 0 Å². The molecule has 0 fully saturated rings. The molecule has 1 N–H and O–H groups in total. The molecule has 0 bridgehead atoms. The number of rotatable bonds is 5. The van der Waals surface area contributed by atoms with E-state index in [1.54, 1.807) is 0 Å². The Labute approximate surface area is 145 Å². The maximum absolute atomic E-state index is 12.4. The lowest BCUT2D eigenvalue weighted by atomic mass is 10.1. The van der Waals surface area contributed by atoms with Gasteiger partial charge in [0.05, 0.1) is 0 Å². The molecule has 0 unspecified atom stereocenters. The zero-order valence-corrected chi connectivity index (χ0v) is 13.6. The minimum atomic E-state index is -0.0743. The van der Waals surface area contributed by atoms with Gasteiger partial charge in [0, 0.05) is 30.2 Å². The van der Waals surface area contributed by atoms with Gasteiger partial charge >= 0.3 is 0 Å². The van der Waals surface area contributed by atoms with E-state index in [4.69, 9.17) is 9.47 Å². The number of fused-ring (bicyclic) bond motifs is 1. The predicted octanol–water partition coefficient (Wildman–Crippen LogP) is 3.18. The third-order valence-electron chi connectivity index (χ3n) is 4.15. The number of nitrogens with zero attached hydrogens (tertiary/aromatic N) is 1. The maximum atomic E-state index is 12.4. The molecule has 0 radical (unpaired) electrons. The molecule has 1 amide bonds. The smallest absolute Gasteiger partial charge is 0.251 e. The van der Waals surface area contributed by atoms with Crippen molar-refractivity contribution in [2.24, 2.45) is 0 Å². The van der Waals surface area contributed by atoms with E-state index in [9.17, 15) is 4.79 Å². The molecule has 4 rings (SSSR count). The Morgan fingerprint density at radius 2 is 1.84 bits per heavy atom. The van der Waals surface area contributed by atoms with Crippen LogP contribution in [-0.4, -0.2) is 23.8 Å². The summed E-state index contributed by atoms with van der Waals surface area (Å²) < 4.78 is 12.6. The van der Waals surface area contributed by atoms with E-state index in [1.807, 2.05) is 71.6 Å². The fourth-order valence-corrected chi connectivity index (χ4v) is 2.83. The molecule has 2 aromatic carbocycles. The van der Waals surface area contributed by atoms with E-state index in [2.05, 4.69) is 5.32 Å². The van der Waals surface area contributed by atoms with Gasteiger partial charge in [-0.05, 0) is 54.4 Å². The SMILES string of the molecule is O=C(NCCc1ccc2c(c1)OCO2)c1cccc(-n2cccc2)c1. The van der Waals surface area contributed by atoms with Crippen LogP contribution >= 0.6 is 0 Å². The van der Waals surface area contributed by atoms with E-state index >= 15 is 0 Å². The zero-order chi connectivity index (χ0) is 17.1. The van der Waals surface area contributed by atoms with Crippen molar-refractivity contribution in [1.82, 2.24) is 9.88 Å². The van der Waals surface area contributed by atoms with Crippen LogP contribution < -0.4 is 14.8 Å². The van der Waals surface area contributed by atoms with E-state index in [0.717, 1.165) is 29.2 Å². The first-order valence-electron chi connectivity index (χ1n) is 8.20. The summed E-state index contributed by atoms with van der Waals surface area (Å²) in [7, 11) is 0. The summed E-state index contributed by atoms with van der Waals surface area (Å²) in [5.41, 5.74) is 2.72. The molecule has 2 heterocycles. The van der Waals surface area contributed by atoms with E-state index in [1.165, 1.54) is 0 Å². The Kier molecular flexibility index (Phi) is 4.12. The highest BCUT2D eigenvalue weighted by atomic mass is 16.7. The van der Waals surface area contributed by atoms with Crippen LogP contribution in [0.25, 0.3) is 5.69 Å². The van der Waals surface area contributed by atoms with Gasteiger partial charge in [-0.25, -0.2) is 0 Å². The van der Waals surface area contributed by atoms with Crippen LogP contribution in [0.15, 0.2) is 67.0 Å². The molecule has 0 saturated carbocycles. The summed E-state index contributed by atoms with van der Waals surface area (Å²) in [4.78, 5) is 12.4. The van der Waals surface area contributed by atoms with Gasteiger partial charge in [-0.3, -0.25) is 4.79 Å². The second-order valence-electron chi connectivity index (χ2n) is 5.83. The average molecular weight is 334 g/mol. The third kappa shape index (κ3) is 3.35. The average Bonchev–Trinajstić information content (AvgIpc) is 3.33. The quantitative estimate of drug-likeness (QED) is 0.780. The van der Waals surface area contributed by atoms with Crippen molar-refractivity contribution in [2.45, 2.75) is 6.42 Å². The Morgan fingerprint density at radius 1 is 1.00 bits per heavy atom. The van der Waals surface area contributed by atoms with Crippen molar-refractivity contribution < 1.29 is 14.3 Å². The van der Waals surface area contributed by atoms with Gasteiger partial charge in [0.15, 0.2) is 11.5 Å². The summed E-state index contributed by atoms with van der Waals surface area (Å²) in [5.74, 6) is 1.47. The topological polar surface area (TPSA) is 52.5 Å². The highest BCUT2D eigenvalue weighted by Gasteiger charge is 2.13. The number of nitrogens with one attached hydrogen (secondary N) is 1. The van der Waals surface area contributed by atoms with Crippen LogP contribution in [0.5, 0.6) is 11.5 Å². The predicted molar refractivity (Wildman–Crippen MR) is 94.4 cm³/mol. The molecule has 0 spiro atoms. The standard InChI is InChI=1S/C20H18N2O3/c23-20(16-4-3-5-17(13-16)22-10-1-2-11-22)21-9-8-15-6-7-18-19(12-15)25-14-24-18/h1-7,10-13H,8-9,14H2,(H,21,23). The number of hydrogen-bond acceptors (Lipinski definition) is 3. The number of carbonyl (C=O) groups excluding carboxylic acids is 1. The van der Waals surface area contributed by atoms with Crippen LogP contribution in [-0.2, 0) is 6.42 Å². The van der Waals surface area contributed by atoms with Gasteiger partial charge in [-0.1, -0.05) is 12.1 Å². The number of amides is 1. The molecule has 0 saturated heterocycles. The first kappa shape index (κ1) is 15.3. The minimum Gasteiger partial charge on any atom is -0.454 e. The summed E-state index contributed by atoms with van der Waals surface area (Å²) in [5, 5.41) is 2.97. The summed E-state index contributed by atoms with van der Waals surface area (Å²) in [6.45, 7) is 0.833. The Balaban J connectivity index is 1.37. The lowest BCUT2D eigenvalue weighted by Gasteiger charge is -2.08. The van der Waals surface area contributed by atoms with Gasteiger partial charge in [0.2, 0.25) is 6.79 Å². The van der Waals surface area contributed by atoms with Crippen molar-refractivity contribution in [3.8, 4) is 17.2 Å². The fourth-order valence-electron chi connectivity index (χ4n) is 2.83. The molecular formula is C20H18N2O3. The number of benzene rings is 2. The first-order chi connectivity index (χ1) is 12.3. The summed E-state index contributed by atoms with van der Waals surface area (Å²) in [6.07, 6.45) is 4.65. The normalized spacial score (nSPS) is 12.2. The maximum Gasteiger partial charge on any atom is 0.251 e. The van der Waals surface area contributed by atoms with E-state index in [-0.39, 0.29) is 12.7 Å². The lowest BCUT2D eigenvalue weighted by molar-refractivity contribution is 0.0954. The van der Waals surface area contributed by atoms with Crippen LogP contribution in [0.1, 0.15) is 15.9 Å². The van der Waals surface area contributed by atoms with Crippen LogP contribution in [0.3, 0.4) is 0 Å². The van der Waals surface area contributed by atoms with Crippen molar-refractivity contribution >= 4 is 5.91 Å². The molecule has 1 aliphatic rings. The number of aromatic nitrogens is 1. The summed E-state index contributed by atoms with van der Waals surface area (Å²) in [6, 6.07) is 17.3. The molecule has 0 aliphatic carbocycles. The summed E-state index contributed by atoms with van der Waals surface area (Å²) >= 11 is 0. The Morgan fingerprint density at radius 3 is 2.72 bits per heavy atom. The van der Waals surface area contributed by atoms with Crippen molar-refractivity contribution in [1.29, 1.82) is 0 Å². The zero-order valence-electron chi connectivity index (χ0n) is 13.6. The van der Waals surface area contributed by atoms with Gasteiger partial charge in [0.1, 0.15) is 0 Å². The molecular weight excluding hydrogens is 316 g/mol. The number of ether oxygens (including phenoxy) is 2. The van der Waals surface area contributed by atoms with Gasteiger partial charge in [-0.15, -0.1) is 0 Å². The lowest BCUT2D eigenvalue weighted by Crippen LogP contribution is -2.25. The van der Waals surface area contributed by atoms with Crippen molar-refractivity contribution in [2.75, 3.05) is 13.3 Å². The molecule has 0 atom stereocenters. The first-order valence-corrected chi connectivity index (χ1v) is 8.20. The second kappa shape index (κ2) is 6.73. The molecule has 1 aliphatic heterocycles. The third-order valence-corrected chi connectivity index (χ3v) is 4.15. The minimum absolute atomic E-state index is 0.0743. The monoisotopic (exact) mass is 334 g/mol. The molecule has 126 valence electrons. The molecule has 5 heteroatoms. The van der Waals surface area contributed by atoms with E-state index in [0.29, 0.717) is 12.1 Å². The van der Waals surface area contributed by atoms with E-state index < -0.39 is 0 Å². The largest absolute Gasteiger partial charge is 0.454 e. The van der Waals surface area contributed by atoms with Gasteiger partial charge in [-0.2, -0.15) is 0 Å². The molecule has 3 aromatic rings. The van der Waals surface area contributed by atoms with Gasteiger partial charge < -0.3 is 19.4 Å². The number of carbonyl (C=O) groups is 1. The molecule has 5 nitrogen and oxygen atoms in total. The second-order valence-corrected chi connectivity index (χ2v) is 5.83. The Bertz CT molecular complexity index is 888. The highest BCUT2D eigenvalue weighted by Crippen LogP contribution is 2.32. The van der Waals surface area contributed by atoms with Gasteiger partial charge in [0.25, 0.3) is 5.91 Å². The van der Waals surface area contributed by atoms with Crippen molar-refractivity contribution in [3.05, 3.63) is 78.1 Å². The highest BCUT2D eigenvalue weighted by molar-refractivity contribution is 5.94.